The van der Waals surface area contributed by atoms with E-state index in [1.807, 2.05) is 19.0 Å². The molecule has 15 heavy (non-hydrogen) atoms. The fraction of sp³-hybridized carbons (Fsp3) is 0.800. The first-order valence-electron chi connectivity index (χ1n) is 5.41. The van der Waals surface area contributed by atoms with E-state index in [1.54, 1.807) is 0 Å². The number of rotatable bonds is 0. The molecule has 2 heterocycles. The van der Waals surface area contributed by atoms with Crippen molar-refractivity contribution in [2.75, 3.05) is 34.2 Å². The minimum absolute atomic E-state index is 0.206. The number of aliphatic imine (C=N–C) groups is 2. The second-order valence-corrected chi connectivity index (χ2v) is 4.34. The van der Waals surface area contributed by atoms with Crippen molar-refractivity contribution in [2.24, 2.45) is 9.98 Å². The van der Waals surface area contributed by atoms with E-state index >= 15 is 0 Å². The monoisotopic (exact) mass is 209 g/mol. The fourth-order valence-electron chi connectivity index (χ4n) is 1.97. The molecule has 0 bridgehead atoms. The van der Waals surface area contributed by atoms with E-state index in [9.17, 15) is 0 Å². The second-order valence-electron chi connectivity index (χ2n) is 4.34. The van der Waals surface area contributed by atoms with Crippen molar-refractivity contribution in [2.45, 2.75) is 19.5 Å². The van der Waals surface area contributed by atoms with E-state index < -0.39 is 0 Å². The summed E-state index contributed by atoms with van der Waals surface area (Å²) in [4.78, 5) is 15.6. The molecule has 0 radical (unpaired) electrons. The van der Waals surface area contributed by atoms with Gasteiger partial charge >= 0.3 is 0 Å². The smallest absolute Gasteiger partial charge is 0.225 e. The van der Waals surface area contributed by atoms with Gasteiger partial charge in [-0.1, -0.05) is 0 Å². The molecule has 1 saturated heterocycles. The molecule has 0 saturated carbocycles. The van der Waals surface area contributed by atoms with Crippen molar-refractivity contribution in [1.29, 1.82) is 0 Å². The van der Waals surface area contributed by atoms with E-state index in [-0.39, 0.29) is 6.17 Å². The number of hydrogen-bond donors (Lipinski definition) is 0. The first-order valence-corrected chi connectivity index (χ1v) is 5.41. The molecule has 2 aliphatic rings. The summed E-state index contributed by atoms with van der Waals surface area (Å²) in [7, 11) is 6.05. The van der Waals surface area contributed by atoms with Gasteiger partial charge in [-0.05, 0) is 13.3 Å². The van der Waals surface area contributed by atoms with Gasteiger partial charge in [0, 0.05) is 34.2 Å². The molecule has 1 fully saturated rings. The number of nitrogens with zero attached hydrogens (tertiary/aromatic N) is 5. The Labute approximate surface area is 91.1 Å². The maximum Gasteiger partial charge on any atom is 0.225 e. The summed E-state index contributed by atoms with van der Waals surface area (Å²) in [6, 6.07) is 0. The largest absolute Gasteiger partial charge is 0.347 e. The van der Waals surface area contributed by atoms with E-state index in [0.29, 0.717) is 0 Å². The Morgan fingerprint density at radius 3 is 2.73 bits per heavy atom. The van der Waals surface area contributed by atoms with E-state index in [1.165, 1.54) is 6.42 Å². The summed E-state index contributed by atoms with van der Waals surface area (Å²) in [5.41, 5.74) is 0. The molecular formula is C10H19N5. The lowest BCUT2D eigenvalue weighted by molar-refractivity contribution is 0.235. The van der Waals surface area contributed by atoms with Crippen LogP contribution in [0, 0.1) is 0 Å². The van der Waals surface area contributed by atoms with Crippen molar-refractivity contribution in [3.05, 3.63) is 0 Å². The summed E-state index contributed by atoms with van der Waals surface area (Å²) in [6.45, 7) is 4.27. The van der Waals surface area contributed by atoms with E-state index in [4.69, 9.17) is 0 Å². The minimum atomic E-state index is 0.206. The van der Waals surface area contributed by atoms with Crippen LogP contribution in [0.1, 0.15) is 13.3 Å². The third kappa shape index (κ3) is 1.78. The summed E-state index contributed by atoms with van der Waals surface area (Å²) in [6.07, 6.45) is 1.39. The molecule has 0 aliphatic carbocycles. The summed E-state index contributed by atoms with van der Waals surface area (Å²) < 4.78 is 0. The van der Waals surface area contributed by atoms with Crippen LogP contribution in [0.25, 0.3) is 0 Å². The van der Waals surface area contributed by atoms with Crippen molar-refractivity contribution >= 4 is 11.9 Å². The first kappa shape index (κ1) is 10.3. The molecule has 5 nitrogen and oxygen atoms in total. The standard InChI is InChI=1S/C10H19N5/c1-8-11-9(13(2)3)12-10-14(4)6-5-7-15(8)10/h8H,5-7H2,1-4H3. The van der Waals surface area contributed by atoms with E-state index in [2.05, 4.69) is 33.8 Å². The predicted octanol–water partition coefficient (Wildman–Crippen LogP) is 0.257. The average Bonchev–Trinajstić information content (AvgIpc) is 2.19. The third-order valence-electron chi connectivity index (χ3n) is 2.84. The normalized spacial score (nSPS) is 25.7. The zero-order chi connectivity index (χ0) is 11.0. The highest BCUT2D eigenvalue weighted by atomic mass is 15.5. The first-order chi connectivity index (χ1) is 7.09. The number of guanidine groups is 2. The fourth-order valence-corrected chi connectivity index (χ4v) is 1.97. The van der Waals surface area contributed by atoms with Crippen LogP contribution in [0.15, 0.2) is 9.98 Å². The lowest BCUT2D eigenvalue weighted by Gasteiger charge is -2.41. The second kappa shape index (κ2) is 3.72. The topological polar surface area (TPSA) is 34.4 Å². The molecule has 1 unspecified atom stereocenters. The van der Waals surface area contributed by atoms with Crippen LogP contribution in [0.5, 0.6) is 0 Å². The van der Waals surface area contributed by atoms with Crippen LogP contribution in [0.3, 0.4) is 0 Å². The molecule has 5 heteroatoms. The molecule has 0 spiro atoms. The molecule has 2 aliphatic heterocycles. The highest BCUT2D eigenvalue weighted by Gasteiger charge is 2.29. The molecule has 0 amide bonds. The zero-order valence-corrected chi connectivity index (χ0v) is 9.93. The van der Waals surface area contributed by atoms with Gasteiger partial charge in [0.05, 0.1) is 0 Å². The quantitative estimate of drug-likeness (QED) is 0.574. The summed E-state index contributed by atoms with van der Waals surface area (Å²) in [5.74, 6) is 1.88. The number of hydrogen-bond acceptors (Lipinski definition) is 5. The van der Waals surface area contributed by atoms with Gasteiger partial charge < -0.3 is 14.7 Å². The Kier molecular flexibility index (Phi) is 2.54. The Hall–Kier alpha value is -1.26. The molecule has 2 rings (SSSR count). The van der Waals surface area contributed by atoms with Gasteiger partial charge in [-0.15, -0.1) is 0 Å². The Bertz CT molecular complexity index is 307. The highest BCUT2D eigenvalue weighted by molar-refractivity contribution is 5.96. The molecule has 0 aromatic carbocycles. The van der Waals surface area contributed by atoms with Gasteiger partial charge in [-0.2, -0.15) is 4.99 Å². The highest BCUT2D eigenvalue weighted by Crippen LogP contribution is 2.16. The molecule has 0 N–H and O–H groups in total. The zero-order valence-electron chi connectivity index (χ0n) is 9.93. The van der Waals surface area contributed by atoms with Gasteiger partial charge in [0.15, 0.2) is 0 Å². The Morgan fingerprint density at radius 2 is 2.07 bits per heavy atom. The van der Waals surface area contributed by atoms with E-state index in [0.717, 1.165) is 25.0 Å². The molecule has 84 valence electrons. The lowest BCUT2D eigenvalue weighted by atomic mass is 10.2. The molecule has 0 aromatic rings. The van der Waals surface area contributed by atoms with Gasteiger partial charge in [0.2, 0.25) is 11.9 Å². The van der Waals surface area contributed by atoms with Crippen LogP contribution >= 0.6 is 0 Å². The predicted molar refractivity (Wildman–Crippen MR) is 62.0 cm³/mol. The van der Waals surface area contributed by atoms with Crippen LogP contribution in [0.4, 0.5) is 0 Å². The summed E-state index contributed by atoms with van der Waals surface area (Å²) >= 11 is 0. The van der Waals surface area contributed by atoms with Crippen LogP contribution in [0.2, 0.25) is 0 Å². The molecule has 1 atom stereocenters. The molecule has 0 aromatic heterocycles. The van der Waals surface area contributed by atoms with Gasteiger partial charge in [0.1, 0.15) is 6.17 Å². The molecular weight excluding hydrogens is 190 g/mol. The minimum Gasteiger partial charge on any atom is -0.347 e. The maximum absolute atomic E-state index is 4.58. The Balaban J connectivity index is 2.29. The maximum atomic E-state index is 4.58. The van der Waals surface area contributed by atoms with Gasteiger partial charge in [-0.25, -0.2) is 4.99 Å². The van der Waals surface area contributed by atoms with Crippen LogP contribution < -0.4 is 0 Å². The third-order valence-corrected chi connectivity index (χ3v) is 2.84. The van der Waals surface area contributed by atoms with Gasteiger partial charge in [0.25, 0.3) is 0 Å². The van der Waals surface area contributed by atoms with Gasteiger partial charge in [-0.3, -0.25) is 0 Å². The average molecular weight is 209 g/mol. The van der Waals surface area contributed by atoms with Crippen molar-refractivity contribution in [1.82, 2.24) is 14.7 Å². The Morgan fingerprint density at radius 1 is 1.33 bits per heavy atom. The van der Waals surface area contributed by atoms with Crippen molar-refractivity contribution in [3.63, 3.8) is 0 Å². The number of fused-ring (bicyclic) bond motifs is 1. The van der Waals surface area contributed by atoms with Crippen molar-refractivity contribution in [3.8, 4) is 0 Å². The lowest BCUT2D eigenvalue weighted by Crippen LogP contribution is -2.54. The summed E-state index contributed by atoms with van der Waals surface area (Å²) in [5, 5.41) is 0. The van der Waals surface area contributed by atoms with Crippen molar-refractivity contribution < 1.29 is 0 Å². The SMILES string of the molecule is CC1N=C(N(C)C)N=C2N(C)CCCN21. The van der Waals surface area contributed by atoms with Crippen LogP contribution in [-0.2, 0) is 0 Å². The van der Waals surface area contributed by atoms with Crippen LogP contribution in [-0.4, -0.2) is 67.0 Å².